The molecule has 0 spiro atoms. The molecule has 2 heterocycles. The lowest BCUT2D eigenvalue weighted by atomic mass is 9.98. The molecule has 0 bridgehead atoms. The summed E-state index contributed by atoms with van der Waals surface area (Å²) in [5.74, 6) is 2.56. The van der Waals surface area contributed by atoms with Gasteiger partial charge in [-0.25, -0.2) is 4.79 Å². The van der Waals surface area contributed by atoms with Crippen molar-refractivity contribution >= 4 is 12.0 Å². The molecule has 2 amide bonds. The summed E-state index contributed by atoms with van der Waals surface area (Å²) in [7, 11) is 0. The molecule has 2 saturated heterocycles. The Morgan fingerprint density at radius 1 is 0.897 bits per heavy atom. The second-order valence-electron chi connectivity index (χ2n) is 8.08. The zero-order chi connectivity index (χ0) is 20.0. The van der Waals surface area contributed by atoms with Crippen molar-refractivity contribution in [2.75, 3.05) is 32.8 Å². The van der Waals surface area contributed by atoms with Crippen molar-refractivity contribution < 1.29 is 14.3 Å². The topological polar surface area (TPSA) is 49.9 Å². The van der Waals surface area contributed by atoms with E-state index in [9.17, 15) is 9.59 Å². The molecule has 5 heteroatoms. The molecule has 0 unspecified atom stereocenters. The molecule has 29 heavy (non-hydrogen) atoms. The van der Waals surface area contributed by atoms with Gasteiger partial charge in [-0.3, -0.25) is 4.79 Å². The first-order valence-electron chi connectivity index (χ1n) is 10.0. The quantitative estimate of drug-likeness (QED) is 0.746. The minimum absolute atomic E-state index is 0.0668. The van der Waals surface area contributed by atoms with E-state index < -0.39 is 0 Å². The van der Waals surface area contributed by atoms with Crippen LogP contribution in [0.4, 0.5) is 4.79 Å². The van der Waals surface area contributed by atoms with Crippen LogP contribution in [0.3, 0.4) is 0 Å². The van der Waals surface area contributed by atoms with E-state index in [0.717, 1.165) is 0 Å². The van der Waals surface area contributed by atoms with Gasteiger partial charge in [0.1, 0.15) is 6.61 Å². The highest BCUT2D eigenvalue weighted by molar-refractivity contribution is 5.93. The molecule has 2 aliphatic heterocycles. The summed E-state index contributed by atoms with van der Waals surface area (Å²) in [6.45, 7) is 2.83. The summed E-state index contributed by atoms with van der Waals surface area (Å²) in [4.78, 5) is 27.9. The lowest BCUT2D eigenvalue weighted by Crippen LogP contribution is -2.35. The number of fused-ring (bicyclic) bond motifs is 4. The second-order valence-corrected chi connectivity index (χ2v) is 8.08. The summed E-state index contributed by atoms with van der Waals surface area (Å²) in [5.41, 5.74) is 4.86. The Bertz CT molecular complexity index is 965. The van der Waals surface area contributed by atoms with E-state index in [-0.39, 0.29) is 29.8 Å². The van der Waals surface area contributed by atoms with Crippen LogP contribution in [0.15, 0.2) is 48.5 Å². The minimum atomic E-state index is -0.268. The smallest absolute Gasteiger partial charge is 0.409 e. The second kappa shape index (κ2) is 6.97. The SMILES string of the molecule is C#CC(=O)N1C[C@@H]2CN(C(=O)OCC3c4ccccc4-c4ccccc43)C[C@@H]2C1. The van der Waals surface area contributed by atoms with Crippen LogP contribution in [0.1, 0.15) is 17.0 Å². The Morgan fingerprint density at radius 3 is 1.97 bits per heavy atom. The van der Waals surface area contributed by atoms with Crippen LogP contribution in [0.25, 0.3) is 11.1 Å². The van der Waals surface area contributed by atoms with Gasteiger partial charge < -0.3 is 14.5 Å². The van der Waals surface area contributed by atoms with Gasteiger partial charge in [-0.1, -0.05) is 48.5 Å². The number of benzene rings is 2. The number of terminal acetylenes is 1. The fourth-order valence-corrected chi connectivity index (χ4v) is 5.08. The number of rotatable bonds is 2. The summed E-state index contributed by atoms with van der Waals surface area (Å²) < 4.78 is 5.76. The largest absolute Gasteiger partial charge is 0.448 e. The number of nitrogens with zero attached hydrogens (tertiary/aromatic N) is 2. The van der Waals surface area contributed by atoms with E-state index in [4.69, 9.17) is 11.2 Å². The van der Waals surface area contributed by atoms with Gasteiger partial charge in [0.15, 0.2) is 0 Å². The highest BCUT2D eigenvalue weighted by atomic mass is 16.6. The number of hydrogen-bond acceptors (Lipinski definition) is 3. The molecule has 5 nitrogen and oxygen atoms in total. The summed E-state index contributed by atoms with van der Waals surface area (Å²) in [6, 6.07) is 16.6. The number of carbonyl (C=O) groups excluding carboxylic acids is 2. The first-order valence-corrected chi connectivity index (χ1v) is 10.0. The molecule has 2 fully saturated rings. The van der Waals surface area contributed by atoms with Crippen LogP contribution >= 0.6 is 0 Å². The van der Waals surface area contributed by atoms with Crippen molar-refractivity contribution in [3.63, 3.8) is 0 Å². The zero-order valence-corrected chi connectivity index (χ0v) is 16.1. The standard InChI is InChI=1S/C24H22N2O3/c1-2-23(27)25-11-16-13-26(14-17(16)12-25)24(28)29-15-22-20-9-5-3-7-18(20)19-8-4-6-10-21(19)22/h1,3-10,16-17,22H,11-15H2/t16-,17+. The fourth-order valence-electron chi connectivity index (χ4n) is 5.08. The van der Waals surface area contributed by atoms with Crippen molar-refractivity contribution in [1.29, 1.82) is 0 Å². The van der Waals surface area contributed by atoms with Gasteiger partial charge in [0.25, 0.3) is 5.91 Å². The van der Waals surface area contributed by atoms with Gasteiger partial charge in [0, 0.05) is 43.9 Å². The Kier molecular flexibility index (Phi) is 4.28. The average molecular weight is 386 g/mol. The third-order valence-corrected chi connectivity index (χ3v) is 6.49. The molecule has 146 valence electrons. The number of hydrogen-bond donors (Lipinski definition) is 0. The van der Waals surface area contributed by atoms with E-state index in [2.05, 4.69) is 30.2 Å². The molecular formula is C24H22N2O3. The molecule has 0 aromatic heterocycles. The van der Waals surface area contributed by atoms with E-state index in [1.165, 1.54) is 22.3 Å². The molecule has 2 aromatic rings. The van der Waals surface area contributed by atoms with Gasteiger partial charge in [0.05, 0.1) is 0 Å². The monoisotopic (exact) mass is 386 g/mol. The van der Waals surface area contributed by atoms with Gasteiger partial charge in [0.2, 0.25) is 0 Å². The van der Waals surface area contributed by atoms with Crippen LogP contribution in [-0.4, -0.2) is 54.6 Å². The van der Waals surface area contributed by atoms with Crippen molar-refractivity contribution in [2.45, 2.75) is 5.92 Å². The van der Waals surface area contributed by atoms with Crippen LogP contribution in [0.5, 0.6) is 0 Å². The zero-order valence-electron chi connectivity index (χ0n) is 16.1. The molecule has 1 aliphatic carbocycles. The molecule has 5 rings (SSSR count). The van der Waals surface area contributed by atoms with E-state index in [1.54, 1.807) is 9.80 Å². The van der Waals surface area contributed by atoms with Crippen molar-refractivity contribution in [3.05, 3.63) is 59.7 Å². The lowest BCUT2D eigenvalue weighted by Gasteiger charge is -2.21. The third-order valence-electron chi connectivity index (χ3n) is 6.49. The van der Waals surface area contributed by atoms with Gasteiger partial charge >= 0.3 is 6.09 Å². The maximum Gasteiger partial charge on any atom is 0.409 e. The highest BCUT2D eigenvalue weighted by Gasteiger charge is 2.43. The van der Waals surface area contributed by atoms with Gasteiger partial charge in [-0.15, -0.1) is 6.42 Å². The Labute approximate surface area is 170 Å². The first kappa shape index (κ1) is 17.8. The molecular weight excluding hydrogens is 364 g/mol. The van der Waals surface area contributed by atoms with Crippen molar-refractivity contribution in [2.24, 2.45) is 11.8 Å². The van der Waals surface area contributed by atoms with Crippen LogP contribution in [0.2, 0.25) is 0 Å². The number of ether oxygens (including phenoxy) is 1. The van der Waals surface area contributed by atoms with Gasteiger partial charge in [-0.05, 0) is 28.2 Å². The summed E-state index contributed by atoms with van der Waals surface area (Å²) >= 11 is 0. The Hall–Kier alpha value is -3.26. The average Bonchev–Trinajstić information content (AvgIpc) is 3.42. The normalized spacial score (nSPS) is 22.0. The predicted molar refractivity (Wildman–Crippen MR) is 109 cm³/mol. The molecule has 0 radical (unpaired) electrons. The number of carbonyl (C=O) groups is 2. The predicted octanol–water partition coefficient (Wildman–Crippen LogP) is 2.96. The maximum absolute atomic E-state index is 12.7. The van der Waals surface area contributed by atoms with Crippen LogP contribution in [-0.2, 0) is 9.53 Å². The Morgan fingerprint density at radius 2 is 1.41 bits per heavy atom. The molecule has 3 aliphatic rings. The fraction of sp³-hybridized carbons (Fsp3) is 0.333. The van der Waals surface area contributed by atoms with E-state index in [0.29, 0.717) is 32.8 Å². The number of amides is 2. The van der Waals surface area contributed by atoms with Crippen molar-refractivity contribution in [3.8, 4) is 23.5 Å². The van der Waals surface area contributed by atoms with Crippen molar-refractivity contribution in [1.82, 2.24) is 9.80 Å². The summed E-state index contributed by atoms with van der Waals surface area (Å²) in [6.07, 6.45) is 4.95. The van der Waals surface area contributed by atoms with E-state index >= 15 is 0 Å². The minimum Gasteiger partial charge on any atom is -0.448 e. The molecule has 2 atom stereocenters. The highest BCUT2D eigenvalue weighted by Crippen LogP contribution is 2.44. The first-order chi connectivity index (χ1) is 14.2. The number of likely N-dealkylation sites (tertiary alicyclic amines) is 2. The van der Waals surface area contributed by atoms with Gasteiger partial charge in [-0.2, -0.15) is 0 Å². The lowest BCUT2D eigenvalue weighted by molar-refractivity contribution is -0.124. The Balaban J connectivity index is 1.24. The van der Waals surface area contributed by atoms with Crippen LogP contribution < -0.4 is 0 Å². The van der Waals surface area contributed by atoms with Crippen LogP contribution in [0, 0.1) is 24.2 Å². The maximum atomic E-state index is 12.7. The summed E-state index contributed by atoms with van der Waals surface area (Å²) in [5, 5.41) is 0. The molecule has 0 N–H and O–H groups in total. The molecule has 0 saturated carbocycles. The third kappa shape index (κ3) is 2.96. The van der Waals surface area contributed by atoms with E-state index in [1.807, 2.05) is 24.3 Å². The molecule has 2 aromatic carbocycles.